The van der Waals surface area contributed by atoms with E-state index in [0.717, 1.165) is 22.9 Å². The predicted octanol–water partition coefficient (Wildman–Crippen LogP) is 8.44. The molecule has 146 valence electrons. The van der Waals surface area contributed by atoms with Crippen LogP contribution in [0.1, 0.15) is 38.2 Å². The van der Waals surface area contributed by atoms with Crippen LogP contribution in [0.15, 0.2) is 84.9 Å². The monoisotopic (exact) mass is 382 g/mol. The van der Waals surface area contributed by atoms with Gasteiger partial charge in [-0.1, -0.05) is 105 Å². The second-order valence-electron chi connectivity index (χ2n) is 7.74. The molecular formula is C28H27F. The number of benzene rings is 4. The van der Waals surface area contributed by atoms with Gasteiger partial charge in [0.2, 0.25) is 0 Å². The number of hydrogen-bond donors (Lipinski definition) is 0. The van der Waals surface area contributed by atoms with Crippen molar-refractivity contribution in [3.8, 4) is 22.3 Å². The number of fused-ring (bicyclic) bond motifs is 1. The van der Waals surface area contributed by atoms with E-state index in [2.05, 4.69) is 37.3 Å². The van der Waals surface area contributed by atoms with Gasteiger partial charge in [-0.2, -0.15) is 0 Å². The molecule has 0 aromatic heterocycles. The zero-order valence-corrected chi connectivity index (χ0v) is 17.0. The van der Waals surface area contributed by atoms with Crippen molar-refractivity contribution in [2.24, 2.45) is 0 Å². The molecule has 0 aliphatic heterocycles. The van der Waals surface area contributed by atoms with Gasteiger partial charge in [0, 0.05) is 10.9 Å². The Bertz CT molecular complexity index is 1080. The van der Waals surface area contributed by atoms with Crippen LogP contribution >= 0.6 is 0 Å². The average molecular weight is 383 g/mol. The first-order valence-electron chi connectivity index (χ1n) is 10.6. The molecule has 0 aliphatic rings. The molecule has 4 rings (SSSR count). The second-order valence-corrected chi connectivity index (χ2v) is 7.74. The van der Waals surface area contributed by atoms with E-state index < -0.39 is 0 Å². The lowest BCUT2D eigenvalue weighted by Gasteiger charge is -2.10. The third kappa shape index (κ3) is 4.40. The summed E-state index contributed by atoms with van der Waals surface area (Å²) in [6.07, 6.45) is 6.29. The number of rotatable bonds is 7. The van der Waals surface area contributed by atoms with Gasteiger partial charge in [0.15, 0.2) is 0 Å². The first-order valence-corrected chi connectivity index (χ1v) is 10.6. The van der Waals surface area contributed by atoms with Crippen molar-refractivity contribution >= 4 is 10.8 Å². The second kappa shape index (κ2) is 9.05. The predicted molar refractivity (Wildman–Crippen MR) is 123 cm³/mol. The van der Waals surface area contributed by atoms with Gasteiger partial charge in [-0.25, -0.2) is 4.39 Å². The summed E-state index contributed by atoms with van der Waals surface area (Å²) in [5.41, 5.74) is 5.26. The van der Waals surface area contributed by atoms with E-state index in [1.165, 1.54) is 36.8 Å². The fourth-order valence-electron chi connectivity index (χ4n) is 3.93. The standard InChI is InChI=1S/C28H27F/c1-2-3-4-6-9-21-12-14-22(15-13-21)24-16-18-27-25(20-24)17-19-26(28(27)29)23-10-7-5-8-11-23/h5,7-8,10-20H,2-4,6,9H2,1H3. The zero-order chi connectivity index (χ0) is 20.1. The van der Waals surface area contributed by atoms with E-state index in [9.17, 15) is 0 Å². The third-order valence-electron chi connectivity index (χ3n) is 5.65. The van der Waals surface area contributed by atoms with Crippen LogP contribution < -0.4 is 0 Å². The molecule has 29 heavy (non-hydrogen) atoms. The molecule has 0 N–H and O–H groups in total. The Kier molecular flexibility index (Phi) is 6.05. The van der Waals surface area contributed by atoms with Crippen molar-refractivity contribution in [1.29, 1.82) is 0 Å². The van der Waals surface area contributed by atoms with Gasteiger partial charge in [-0.05, 0) is 46.5 Å². The van der Waals surface area contributed by atoms with Crippen molar-refractivity contribution in [2.45, 2.75) is 39.0 Å². The molecule has 0 saturated carbocycles. The molecule has 0 bridgehead atoms. The van der Waals surface area contributed by atoms with Gasteiger partial charge < -0.3 is 0 Å². The molecule has 0 aliphatic carbocycles. The summed E-state index contributed by atoms with van der Waals surface area (Å²) in [6.45, 7) is 2.24. The normalized spacial score (nSPS) is 11.1. The van der Waals surface area contributed by atoms with Crippen LogP contribution in [0.5, 0.6) is 0 Å². The van der Waals surface area contributed by atoms with E-state index >= 15 is 4.39 Å². The highest BCUT2D eigenvalue weighted by atomic mass is 19.1. The molecular weight excluding hydrogens is 355 g/mol. The lowest BCUT2D eigenvalue weighted by molar-refractivity contribution is 0.643. The molecule has 4 aromatic rings. The summed E-state index contributed by atoms with van der Waals surface area (Å²) >= 11 is 0. The van der Waals surface area contributed by atoms with Gasteiger partial charge in [0.25, 0.3) is 0 Å². The Morgan fingerprint density at radius 1 is 0.655 bits per heavy atom. The molecule has 0 atom stereocenters. The Morgan fingerprint density at radius 3 is 2.17 bits per heavy atom. The van der Waals surface area contributed by atoms with E-state index in [1.807, 2.05) is 54.6 Å². The molecule has 0 unspecified atom stereocenters. The Balaban J connectivity index is 1.58. The van der Waals surface area contributed by atoms with E-state index in [4.69, 9.17) is 0 Å². The van der Waals surface area contributed by atoms with Gasteiger partial charge >= 0.3 is 0 Å². The quantitative estimate of drug-likeness (QED) is 0.281. The molecule has 0 heterocycles. The van der Waals surface area contributed by atoms with Crippen LogP contribution in [-0.4, -0.2) is 0 Å². The Hall–Kier alpha value is -2.93. The van der Waals surface area contributed by atoms with Gasteiger partial charge in [-0.15, -0.1) is 0 Å². The van der Waals surface area contributed by atoms with Crippen LogP contribution in [0.3, 0.4) is 0 Å². The molecule has 0 fully saturated rings. The zero-order valence-electron chi connectivity index (χ0n) is 17.0. The van der Waals surface area contributed by atoms with Crippen molar-refractivity contribution in [2.75, 3.05) is 0 Å². The maximum atomic E-state index is 15.1. The van der Waals surface area contributed by atoms with Crippen molar-refractivity contribution < 1.29 is 4.39 Å². The number of halogens is 1. The Labute approximate surface area is 173 Å². The van der Waals surface area contributed by atoms with Crippen LogP contribution in [0.4, 0.5) is 4.39 Å². The SMILES string of the molecule is CCCCCCc1ccc(-c2ccc3c(F)c(-c4ccccc4)ccc3c2)cc1. The summed E-state index contributed by atoms with van der Waals surface area (Å²) in [4.78, 5) is 0. The first kappa shape index (κ1) is 19.4. The fraction of sp³-hybridized carbons (Fsp3) is 0.214. The highest BCUT2D eigenvalue weighted by molar-refractivity contribution is 5.91. The topological polar surface area (TPSA) is 0 Å². The van der Waals surface area contributed by atoms with Crippen molar-refractivity contribution in [3.05, 3.63) is 96.3 Å². The maximum absolute atomic E-state index is 15.1. The maximum Gasteiger partial charge on any atom is 0.138 e. The fourth-order valence-corrected chi connectivity index (χ4v) is 3.93. The third-order valence-corrected chi connectivity index (χ3v) is 5.65. The molecule has 4 aromatic carbocycles. The van der Waals surface area contributed by atoms with Crippen molar-refractivity contribution in [1.82, 2.24) is 0 Å². The van der Waals surface area contributed by atoms with E-state index in [1.54, 1.807) is 0 Å². The summed E-state index contributed by atoms with van der Waals surface area (Å²) in [5.74, 6) is -0.150. The summed E-state index contributed by atoms with van der Waals surface area (Å²) < 4.78 is 15.1. The molecule has 0 spiro atoms. The molecule has 0 saturated heterocycles. The van der Waals surface area contributed by atoms with Crippen LogP contribution in [0.2, 0.25) is 0 Å². The van der Waals surface area contributed by atoms with Crippen molar-refractivity contribution in [3.63, 3.8) is 0 Å². The largest absolute Gasteiger partial charge is 0.206 e. The van der Waals surface area contributed by atoms with Crippen LogP contribution in [0, 0.1) is 5.82 Å². The summed E-state index contributed by atoms with van der Waals surface area (Å²) in [7, 11) is 0. The first-order chi connectivity index (χ1) is 14.3. The highest BCUT2D eigenvalue weighted by Crippen LogP contribution is 2.31. The smallest absolute Gasteiger partial charge is 0.138 e. The molecule has 0 amide bonds. The molecule has 1 heteroatoms. The average Bonchev–Trinajstić information content (AvgIpc) is 2.78. The highest BCUT2D eigenvalue weighted by Gasteiger charge is 2.10. The number of aryl methyl sites for hydroxylation is 1. The van der Waals surface area contributed by atoms with Gasteiger partial charge in [0.1, 0.15) is 5.82 Å². The minimum Gasteiger partial charge on any atom is -0.206 e. The Morgan fingerprint density at radius 2 is 1.41 bits per heavy atom. The number of unbranched alkanes of at least 4 members (excludes halogenated alkanes) is 3. The number of hydrogen-bond acceptors (Lipinski definition) is 0. The van der Waals surface area contributed by atoms with Crippen LogP contribution in [-0.2, 0) is 6.42 Å². The summed E-state index contributed by atoms with van der Waals surface area (Å²) in [5, 5.41) is 1.60. The summed E-state index contributed by atoms with van der Waals surface area (Å²) in [6, 6.07) is 28.5. The van der Waals surface area contributed by atoms with Gasteiger partial charge in [0.05, 0.1) is 0 Å². The minimum atomic E-state index is -0.150. The molecule has 0 nitrogen and oxygen atoms in total. The van der Waals surface area contributed by atoms with E-state index in [0.29, 0.717) is 10.9 Å². The van der Waals surface area contributed by atoms with Crippen LogP contribution in [0.25, 0.3) is 33.0 Å². The van der Waals surface area contributed by atoms with E-state index in [-0.39, 0.29) is 5.82 Å². The molecule has 0 radical (unpaired) electrons. The lowest BCUT2D eigenvalue weighted by atomic mass is 9.96. The minimum absolute atomic E-state index is 0.150. The lowest BCUT2D eigenvalue weighted by Crippen LogP contribution is -1.89. The van der Waals surface area contributed by atoms with Gasteiger partial charge in [-0.3, -0.25) is 0 Å².